The zero-order valence-corrected chi connectivity index (χ0v) is 19.6. The Kier molecular flexibility index (Phi) is 7.24. The maximum Gasteiger partial charge on any atom is 0.322 e. The van der Waals surface area contributed by atoms with Crippen molar-refractivity contribution in [2.24, 2.45) is 12.2 Å². The number of nitrogens with one attached hydrogen (secondary N) is 1. The van der Waals surface area contributed by atoms with Crippen LogP contribution in [0.3, 0.4) is 0 Å². The lowest BCUT2D eigenvalue weighted by Gasteiger charge is -2.30. The molecule has 0 aliphatic heterocycles. The Hall–Kier alpha value is -3.09. The minimum Gasteiger partial charge on any atom is -0.318 e. The van der Waals surface area contributed by atoms with Crippen LogP contribution in [0.15, 0.2) is 41.3 Å². The molecule has 13 heteroatoms. The van der Waals surface area contributed by atoms with Crippen LogP contribution in [0, 0.1) is 17.5 Å². The zero-order valence-electron chi connectivity index (χ0n) is 18.0. The molecule has 0 saturated carbocycles. The zero-order chi connectivity index (χ0) is 25.4. The molecule has 2 amide bonds. The van der Waals surface area contributed by atoms with Crippen LogP contribution in [0.25, 0.3) is 10.8 Å². The van der Waals surface area contributed by atoms with Crippen molar-refractivity contribution in [1.29, 1.82) is 0 Å². The van der Waals surface area contributed by atoms with E-state index in [1.54, 1.807) is 0 Å². The molecule has 0 fully saturated rings. The molecule has 0 bridgehead atoms. The van der Waals surface area contributed by atoms with E-state index in [2.05, 4.69) is 5.32 Å². The van der Waals surface area contributed by atoms with E-state index in [9.17, 15) is 31.2 Å². The Morgan fingerprint density at radius 1 is 1.15 bits per heavy atom. The number of hydrogen-bond donors (Lipinski definition) is 2. The van der Waals surface area contributed by atoms with E-state index in [4.69, 9.17) is 16.7 Å². The maximum atomic E-state index is 14.0. The normalized spacial score (nSPS) is 12.6. The van der Waals surface area contributed by atoms with E-state index in [0.717, 1.165) is 33.7 Å². The van der Waals surface area contributed by atoms with Crippen molar-refractivity contribution in [3.63, 3.8) is 0 Å². The summed E-state index contributed by atoms with van der Waals surface area (Å²) in [6.07, 6.45) is 1.35. The third kappa shape index (κ3) is 5.51. The van der Waals surface area contributed by atoms with E-state index in [0.29, 0.717) is 0 Å². The van der Waals surface area contributed by atoms with Gasteiger partial charge in [-0.25, -0.2) is 31.5 Å². The van der Waals surface area contributed by atoms with E-state index >= 15 is 0 Å². The second kappa shape index (κ2) is 9.65. The van der Waals surface area contributed by atoms with Gasteiger partial charge in [-0.05, 0) is 48.2 Å². The number of nitrogens with zero attached hydrogens (tertiary/aromatic N) is 2. The standard InChI is InChI=1S/C21H20ClF3N4O4S/c1-11(15-10-28(2)20(30)14-9-19(25)18(24)8-13(14)15)29(5-6-34(26,32)33)21(31)27-12-3-4-17(23)16(22)7-12/h3-4,7-11H,5-6H2,1-2H3,(H,27,31)(H2,26,32,33). The molecule has 3 N–H and O–H groups in total. The quantitative estimate of drug-likeness (QED) is 0.522. The molecule has 0 saturated heterocycles. The summed E-state index contributed by atoms with van der Waals surface area (Å²) in [5.41, 5.74) is -0.216. The second-order valence-electron chi connectivity index (χ2n) is 7.61. The van der Waals surface area contributed by atoms with Gasteiger partial charge in [0.25, 0.3) is 5.56 Å². The molecular weight excluding hydrogens is 497 g/mol. The van der Waals surface area contributed by atoms with Crippen LogP contribution in [0.5, 0.6) is 0 Å². The Labute approximate surface area is 197 Å². The molecule has 1 unspecified atom stereocenters. The van der Waals surface area contributed by atoms with Gasteiger partial charge in [0, 0.05) is 25.5 Å². The van der Waals surface area contributed by atoms with Crippen LogP contribution >= 0.6 is 11.6 Å². The number of aryl methyl sites for hydroxylation is 1. The number of primary sulfonamides is 1. The summed E-state index contributed by atoms with van der Waals surface area (Å²) in [6.45, 7) is 1.13. The van der Waals surface area contributed by atoms with Gasteiger partial charge in [-0.2, -0.15) is 0 Å². The first-order chi connectivity index (χ1) is 15.8. The molecule has 1 heterocycles. The van der Waals surface area contributed by atoms with E-state index in [1.165, 1.54) is 26.2 Å². The number of fused-ring (bicyclic) bond motifs is 1. The van der Waals surface area contributed by atoms with Gasteiger partial charge in [0.1, 0.15) is 5.82 Å². The van der Waals surface area contributed by atoms with Crippen molar-refractivity contribution in [3.05, 3.63) is 74.9 Å². The first-order valence-corrected chi connectivity index (χ1v) is 11.9. The van der Waals surface area contributed by atoms with Crippen molar-refractivity contribution < 1.29 is 26.4 Å². The van der Waals surface area contributed by atoms with Gasteiger partial charge < -0.3 is 14.8 Å². The van der Waals surface area contributed by atoms with E-state index in [1.807, 2.05) is 0 Å². The summed E-state index contributed by atoms with van der Waals surface area (Å²) in [5, 5.41) is 7.27. The Morgan fingerprint density at radius 2 is 1.76 bits per heavy atom. The number of rotatable bonds is 6. The number of anilines is 1. The van der Waals surface area contributed by atoms with Crippen LogP contribution in [-0.4, -0.2) is 36.2 Å². The van der Waals surface area contributed by atoms with Gasteiger partial charge in [-0.1, -0.05) is 11.6 Å². The number of pyridine rings is 1. The fourth-order valence-electron chi connectivity index (χ4n) is 3.46. The van der Waals surface area contributed by atoms with Crippen LogP contribution in [0.1, 0.15) is 18.5 Å². The molecule has 0 radical (unpaired) electrons. The summed E-state index contributed by atoms with van der Waals surface area (Å²) < 4.78 is 65.6. The summed E-state index contributed by atoms with van der Waals surface area (Å²) in [7, 11) is -2.58. The van der Waals surface area contributed by atoms with Crippen LogP contribution < -0.4 is 16.0 Å². The van der Waals surface area contributed by atoms with Crippen molar-refractivity contribution in [1.82, 2.24) is 9.47 Å². The molecule has 0 aliphatic rings. The molecular formula is C21H20ClF3N4O4S. The highest BCUT2D eigenvalue weighted by Gasteiger charge is 2.26. The lowest BCUT2D eigenvalue weighted by molar-refractivity contribution is 0.197. The molecule has 34 heavy (non-hydrogen) atoms. The minimum atomic E-state index is -3.98. The van der Waals surface area contributed by atoms with Crippen LogP contribution in [0.4, 0.5) is 23.7 Å². The lowest BCUT2D eigenvalue weighted by Crippen LogP contribution is -2.41. The Balaban J connectivity index is 2.08. The molecule has 2 aromatic carbocycles. The number of benzene rings is 2. The summed E-state index contributed by atoms with van der Waals surface area (Å²) >= 11 is 5.75. The highest BCUT2D eigenvalue weighted by Crippen LogP contribution is 2.29. The average molecular weight is 517 g/mol. The monoisotopic (exact) mass is 516 g/mol. The molecule has 182 valence electrons. The molecule has 0 spiro atoms. The number of sulfonamides is 1. The lowest BCUT2D eigenvalue weighted by atomic mass is 10.0. The van der Waals surface area contributed by atoms with Crippen molar-refractivity contribution in [2.75, 3.05) is 17.6 Å². The number of nitrogens with two attached hydrogens (primary N) is 1. The number of carbonyl (C=O) groups is 1. The molecule has 3 aromatic rings. The Bertz CT molecular complexity index is 1450. The maximum absolute atomic E-state index is 14.0. The van der Waals surface area contributed by atoms with Gasteiger partial charge in [0.2, 0.25) is 10.0 Å². The number of urea groups is 1. The molecule has 3 rings (SSSR count). The van der Waals surface area contributed by atoms with Crippen LogP contribution in [-0.2, 0) is 17.1 Å². The summed E-state index contributed by atoms with van der Waals surface area (Å²) in [5.74, 6) is -3.73. The van der Waals surface area contributed by atoms with E-state index < -0.39 is 50.9 Å². The SMILES string of the molecule is CC(c1cn(C)c(=O)c2cc(F)c(F)cc12)N(CCS(N)(=O)=O)C(=O)Nc1ccc(F)c(Cl)c1. The molecule has 8 nitrogen and oxygen atoms in total. The van der Waals surface area contributed by atoms with Crippen LogP contribution in [0.2, 0.25) is 5.02 Å². The second-order valence-corrected chi connectivity index (χ2v) is 9.75. The number of carbonyl (C=O) groups excluding carboxylic acids is 1. The van der Waals surface area contributed by atoms with E-state index in [-0.39, 0.29) is 33.6 Å². The van der Waals surface area contributed by atoms with Crippen molar-refractivity contribution in [2.45, 2.75) is 13.0 Å². The first kappa shape index (κ1) is 25.5. The number of halogens is 4. The van der Waals surface area contributed by atoms with Gasteiger partial charge in [0.15, 0.2) is 11.6 Å². The topological polar surface area (TPSA) is 114 Å². The minimum absolute atomic E-state index is 0.0488. The largest absolute Gasteiger partial charge is 0.322 e. The van der Waals surface area contributed by atoms with Gasteiger partial charge >= 0.3 is 6.03 Å². The third-order valence-electron chi connectivity index (χ3n) is 5.22. The smallest absolute Gasteiger partial charge is 0.318 e. The predicted octanol–water partition coefficient (Wildman–Crippen LogP) is 3.49. The van der Waals surface area contributed by atoms with Gasteiger partial charge in [0.05, 0.1) is 22.2 Å². The fraction of sp³-hybridized carbons (Fsp3) is 0.238. The highest BCUT2D eigenvalue weighted by molar-refractivity contribution is 7.89. The number of aromatic nitrogens is 1. The fourth-order valence-corrected chi connectivity index (χ4v) is 4.09. The number of hydrogen-bond acceptors (Lipinski definition) is 4. The number of amides is 2. The van der Waals surface area contributed by atoms with Gasteiger partial charge in [-0.15, -0.1) is 0 Å². The summed E-state index contributed by atoms with van der Waals surface area (Å²) in [6, 6.07) is 3.32. The van der Waals surface area contributed by atoms with Crippen molar-refractivity contribution >= 4 is 44.1 Å². The summed E-state index contributed by atoms with van der Waals surface area (Å²) in [4.78, 5) is 26.6. The molecule has 0 aliphatic carbocycles. The van der Waals surface area contributed by atoms with Crippen molar-refractivity contribution in [3.8, 4) is 0 Å². The van der Waals surface area contributed by atoms with Gasteiger partial charge in [-0.3, -0.25) is 4.79 Å². The average Bonchev–Trinajstić information content (AvgIpc) is 2.74. The third-order valence-corrected chi connectivity index (χ3v) is 6.26. The molecule has 1 atom stereocenters. The molecule has 1 aromatic heterocycles. The highest BCUT2D eigenvalue weighted by atomic mass is 35.5. The predicted molar refractivity (Wildman–Crippen MR) is 123 cm³/mol. The first-order valence-electron chi connectivity index (χ1n) is 9.80. The Morgan fingerprint density at radius 3 is 2.35 bits per heavy atom.